The van der Waals surface area contributed by atoms with Crippen LogP contribution in [0.5, 0.6) is 28.7 Å². The highest BCUT2D eigenvalue weighted by atomic mass is 33.1. The summed E-state index contributed by atoms with van der Waals surface area (Å²) >= 11 is 0. The molecule has 13 nitrogen and oxygen atoms in total. The van der Waals surface area contributed by atoms with Gasteiger partial charge < -0.3 is 59.9 Å². The van der Waals surface area contributed by atoms with E-state index < -0.39 is 58.9 Å². The number of ketones is 1. The molecule has 0 spiro atoms. The van der Waals surface area contributed by atoms with Crippen LogP contribution in [-0.2, 0) is 52.6 Å². The largest absolute Gasteiger partial charge is 0.508 e. The van der Waals surface area contributed by atoms with E-state index in [9.17, 15) is 30.6 Å². The van der Waals surface area contributed by atoms with Gasteiger partial charge in [-0.3, -0.25) is 4.79 Å². The number of methoxy groups -OCH3 is 1. The number of hydrogen-bond donors (Lipinski definition) is 8. The van der Waals surface area contributed by atoms with Gasteiger partial charge in [-0.15, -0.1) is 0 Å². The van der Waals surface area contributed by atoms with Crippen LogP contribution in [0.4, 0.5) is 0 Å². The van der Waals surface area contributed by atoms with Gasteiger partial charge in [0.2, 0.25) is 0 Å². The summed E-state index contributed by atoms with van der Waals surface area (Å²) in [5.41, 5.74) is 6.67. The third-order valence-corrected chi connectivity index (χ3v) is 26.9. The predicted molar refractivity (Wildman–Crippen MR) is 377 cm³/mol. The van der Waals surface area contributed by atoms with Crippen LogP contribution in [0, 0.1) is 35.5 Å². The van der Waals surface area contributed by atoms with E-state index in [-0.39, 0.29) is 42.3 Å². The zero-order chi connectivity index (χ0) is 64.8. The molecule has 3 heterocycles. The topological polar surface area (TPSA) is 203 Å². The Morgan fingerprint density at radius 3 is 2.40 bits per heavy atom. The maximum Gasteiger partial charge on any atom is 0.186 e. The van der Waals surface area contributed by atoms with Gasteiger partial charge in [-0.2, -0.15) is 0 Å². The molecule has 3 aliphatic carbocycles. The standard InChI is InChI=1S/C76H92N2O11S4/c1-5-50-19-20-51-15-10-16-60-68(40-79)93-92-43-56-33-69(83)76(58-34-57(35-59(81)36-58)75(77-3)26-11-14-47(38-75)28-46-12-8-7-9-13-46,63-44-91-90-42-54-18-17-49(41-87-6-2)30-66(54)89-67-32-53(63)22-24-65(67)88-45-80)74(85)71(56)72(84)55(29-48-25-27-78-39-48)31-52-21-23-64(82)73(86-4)62(52)37-61(50)70(51)60/h7-10,12-13,15-16,19-25,27,32,34-36,39,47,49,54-56,63,66,68-69,71-72,77-84H,5-6,11,14,17-18,26,28-31,33,37-38,40-45H2,1-4H3. The number of rotatable bonds is 16. The van der Waals surface area contributed by atoms with Crippen LogP contribution in [0.1, 0.15) is 132 Å². The van der Waals surface area contributed by atoms with Crippen LogP contribution >= 0.6 is 43.2 Å². The molecule has 3 saturated carbocycles. The molecular weight excluding hydrogens is 1250 g/mol. The van der Waals surface area contributed by atoms with Crippen molar-refractivity contribution in [3.63, 3.8) is 0 Å². The summed E-state index contributed by atoms with van der Waals surface area (Å²) in [7, 11) is 10.1. The fourth-order valence-electron chi connectivity index (χ4n) is 16.9. The van der Waals surface area contributed by atoms with Gasteiger partial charge in [-0.1, -0.05) is 135 Å². The minimum atomic E-state index is -1.80. The first-order chi connectivity index (χ1) is 45.3. The number of phenolic OH excluding ortho intramolecular Hbond substituents is 2. The SMILES string of the molecule is CCOCC1CCC2CSSCC(C3(c4cc(O)cc(C5(NC)CCCC(Cc6ccccc6)C5)c4)C(=O)C4C(CSSC(CO)c5cccc6ccc(CC)c(c56)Cc5c(ccc(O)c5OC)CC(Cc5cc[nH]c5)C4O)CC3O)c3ccc(OCO)c(c3)OC2C1. The second-order valence-electron chi connectivity index (χ2n) is 26.7. The Labute approximate surface area is 564 Å². The molecule has 17 heteroatoms. The van der Waals surface area contributed by atoms with Gasteiger partial charge in [0.15, 0.2) is 35.6 Å². The van der Waals surface area contributed by atoms with Crippen LogP contribution in [0.15, 0.2) is 128 Å². The molecule has 496 valence electrons. The van der Waals surface area contributed by atoms with Gasteiger partial charge in [-0.25, -0.2) is 0 Å². The maximum atomic E-state index is 18.0. The molecule has 13 atom stereocenters. The number of benzene rings is 6. The highest BCUT2D eigenvalue weighted by Crippen LogP contribution is 2.58. The molecule has 1 aromatic heterocycles. The fourth-order valence-corrected chi connectivity index (χ4v) is 22.6. The summed E-state index contributed by atoms with van der Waals surface area (Å²) in [5.74, 6) is 0.0529. The summed E-state index contributed by atoms with van der Waals surface area (Å²) < 4.78 is 25.4. The van der Waals surface area contributed by atoms with Crippen molar-refractivity contribution in [1.29, 1.82) is 0 Å². The number of aromatic nitrogens is 1. The van der Waals surface area contributed by atoms with Gasteiger partial charge in [-0.05, 0) is 206 Å². The van der Waals surface area contributed by atoms with Crippen molar-refractivity contribution in [2.45, 2.75) is 138 Å². The zero-order valence-corrected chi connectivity index (χ0v) is 57.2. The average molecular weight is 1340 g/mol. The van der Waals surface area contributed by atoms with Crippen LogP contribution in [0.2, 0.25) is 0 Å². The minimum Gasteiger partial charge on any atom is -0.508 e. The van der Waals surface area contributed by atoms with E-state index in [1.165, 1.54) is 5.56 Å². The lowest BCUT2D eigenvalue weighted by Gasteiger charge is -2.53. The van der Waals surface area contributed by atoms with Crippen molar-refractivity contribution in [3.05, 3.63) is 183 Å². The molecule has 2 aliphatic heterocycles. The molecule has 13 unspecified atom stereocenters. The third-order valence-electron chi connectivity index (χ3n) is 21.6. The van der Waals surface area contributed by atoms with Crippen molar-refractivity contribution in [3.8, 4) is 28.7 Å². The lowest BCUT2D eigenvalue weighted by atomic mass is 9.52. The summed E-state index contributed by atoms with van der Waals surface area (Å²) in [6, 6.07) is 38.2. The number of Topliss-reactive ketones (excluding diaryl/α,β-unsaturated/α-hetero) is 1. The zero-order valence-electron chi connectivity index (χ0n) is 54.0. The number of aromatic hydroxyl groups is 2. The molecule has 3 fully saturated rings. The molecule has 12 rings (SSSR count). The Kier molecular flexibility index (Phi) is 22.1. The average Bonchev–Trinajstić information content (AvgIpc) is 0.910. The fraction of sp³-hybridized carbons (Fsp3) is 0.487. The maximum absolute atomic E-state index is 18.0. The van der Waals surface area contributed by atoms with E-state index in [4.69, 9.17) is 18.9 Å². The Morgan fingerprint density at radius 2 is 1.62 bits per heavy atom. The number of phenols is 2. The molecule has 0 amide bonds. The molecule has 6 aromatic carbocycles. The molecule has 0 saturated heterocycles. The van der Waals surface area contributed by atoms with Gasteiger partial charge >= 0.3 is 0 Å². The van der Waals surface area contributed by atoms with E-state index in [1.54, 1.807) is 62.4 Å². The number of aromatic amines is 1. The van der Waals surface area contributed by atoms with Gasteiger partial charge in [0.1, 0.15) is 11.9 Å². The number of aliphatic hydroxyl groups excluding tert-OH is 4. The van der Waals surface area contributed by atoms with Gasteiger partial charge in [0.25, 0.3) is 0 Å². The van der Waals surface area contributed by atoms with Crippen LogP contribution < -0.4 is 19.5 Å². The second kappa shape index (κ2) is 30.4. The minimum absolute atomic E-state index is 0.00569. The van der Waals surface area contributed by atoms with Crippen molar-refractivity contribution in [2.24, 2.45) is 35.5 Å². The first-order valence-electron chi connectivity index (χ1n) is 33.6. The van der Waals surface area contributed by atoms with Crippen LogP contribution in [-0.4, -0.2) is 118 Å². The van der Waals surface area contributed by atoms with E-state index >= 15 is 4.79 Å². The van der Waals surface area contributed by atoms with Crippen LogP contribution in [0.25, 0.3) is 10.8 Å². The number of aryl methyl sites for hydroxylation is 1. The summed E-state index contributed by atoms with van der Waals surface area (Å²) in [4.78, 5) is 21.2. The summed E-state index contributed by atoms with van der Waals surface area (Å²) in [6.45, 7) is 4.67. The molecule has 5 aliphatic rings. The number of carbonyl (C=O) groups excluding carboxylic acids is 1. The molecule has 7 aromatic rings. The second-order valence-corrected chi connectivity index (χ2v) is 31.9. The number of H-pyrrole nitrogens is 1. The van der Waals surface area contributed by atoms with Crippen molar-refractivity contribution in [1.82, 2.24) is 10.3 Å². The molecular formula is C76H92N2O11S4. The van der Waals surface area contributed by atoms with Crippen molar-refractivity contribution in [2.75, 3.05) is 58.0 Å². The Hall–Kier alpha value is -5.31. The molecule has 0 radical (unpaired) electrons. The number of ether oxygens (including phenoxy) is 4. The number of aliphatic hydroxyl groups is 4. The van der Waals surface area contributed by atoms with Crippen LogP contribution in [0.3, 0.4) is 0 Å². The number of hydrogen-bond acceptors (Lipinski definition) is 16. The Balaban J connectivity index is 1.06. The normalized spacial score (nSPS) is 28.7. The predicted octanol–water partition coefficient (Wildman–Crippen LogP) is 14.0. The number of carbonyl (C=O) groups is 1. The number of nitrogens with one attached hydrogen (secondary N) is 2. The lowest BCUT2D eigenvalue weighted by Crippen LogP contribution is -2.62. The monoisotopic (exact) mass is 1340 g/mol. The van der Waals surface area contributed by atoms with Gasteiger partial charge in [0, 0.05) is 78.1 Å². The van der Waals surface area contributed by atoms with Gasteiger partial charge in [0.05, 0.1) is 36.6 Å². The molecule has 2 bridgehead atoms. The molecule has 8 N–H and O–H groups in total. The van der Waals surface area contributed by atoms with E-state index in [1.807, 2.05) is 74.9 Å². The summed E-state index contributed by atoms with van der Waals surface area (Å²) in [5, 5.41) is 80.2. The Bertz CT molecular complexity index is 3670. The first kappa shape index (κ1) is 67.7. The Morgan fingerprint density at radius 1 is 0.796 bits per heavy atom. The third kappa shape index (κ3) is 14.0. The summed E-state index contributed by atoms with van der Waals surface area (Å²) in [6.07, 6.45) is 10.0. The highest BCUT2D eigenvalue weighted by Gasteiger charge is 2.62. The van der Waals surface area contributed by atoms with E-state index in [0.717, 1.165) is 119 Å². The molecule has 93 heavy (non-hydrogen) atoms. The quantitative estimate of drug-likeness (QED) is 0.0335. The smallest absolute Gasteiger partial charge is 0.186 e. The van der Waals surface area contributed by atoms with Crippen molar-refractivity contribution < 1.29 is 54.4 Å². The first-order valence-corrected chi connectivity index (χ1v) is 38.5. The van der Waals surface area contributed by atoms with Crippen molar-refractivity contribution >= 4 is 59.7 Å². The number of fused-ring (bicyclic) bond motifs is 5. The highest BCUT2D eigenvalue weighted by molar-refractivity contribution is 8.77. The van der Waals surface area contributed by atoms with E-state index in [2.05, 4.69) is 71.8 Å². The van der Waals surface area contributed by atoms with E-state index in [0.29, 0.717) is 78.6 Å². The lowest BCUT2D eigenvalue weighted by molar-refractivity contribution is -0.150.